The SMILES string of the molecule is COc1ccc2c(c1)C(NC1CCCSC1)CCO2. The first kappa shape index (κ1) is 13.1. The van der Waals surface area contributed by atoms with Gasteiger partial charge in [-0.05, 0) is 36.8 Å². The Kier molecular flexibility index (Phi) is 4.18. The van der Waals surface area contributed by atoms with Gasteiger partial charge < -0.3 is 14.8 Å². The van der Waals surface area contributed by atoms with Crippen molar-refractivity contribution >= 4 is 11.8 Å². The summed E-state index contributed by atoms with van der Waals surface area (Å²) < 4.78 is 11.1. The summed E-state index contributed by atoms with van der Waals surface area (Å²) in [5.74, 6) is 4.47. The predicted molar refractivity (Wildman–Crippen MR) is 79.3 cm³/mol. The van der Waals surface area contributed by atoms with Gasteiger partial charge in [-0.1, -0.05) is 0 Å². The van der Waals surface area contributed by atoms with Crippen LogP contribution in [0.4, 0.5) is 0 Å². The molecule has 0 spiro atoms. The molecule has 2 aliphatic heterocycles. The molecule has 1 N–H and O–H groups in total. The van der Waals surface area contributed by atoms with Gasteiger partial charge in [0, 0.05) is 29.8 Å². The lowest BCUT2D eigenvalue weighted by Gasteiger charge is -2.32. The van der Waals surface area contributed by atoms with E-state index in [1.807, 2.05) is 12.1 Å². The summed E-state index contributed by atoms with van der Waals surface area (Å²) in [5.41, 5.74) is 1.25. The Bertz CT molecular complexity index is 432. The second kappa shape index (κ2) is 6.06. The van der Waals surface area contributed by atoms with Gasteiger partial charge in [0.25, 0.3) is 0 Å². The molecule has 0 aliphatic carbocycles. The van der Waals surface area contributed by atoms with Gasteiger partial charge in [-0.15, -0.1) is 0 Å². The second-order valence-electron chi connectivity index (χ2n) is 5.17. The number of benzene rings is 1. The molecule has 1 aromatic rings. The standard InChI is InChI=1S/C15H21NO2S/c1-17-12-4-5-15-13(9-12)14(6-7-18-15)16-11-3-2-8-19-10-11/h4-5,9,11,14,16H,2-3,6-8,10H2,1H3. The Hall–Kier alpha value is -0.870. The van der Waals surface area contributed by atoms with Crippen LogP contribution in [-0.2, 0) is 0 Å². The summed E-state index contributed by atoms with van der Waals surface area (Å²) >= 11 is 2.06. The van der Waals surface area contributed by atoms with E-state index >= 15 is 0 Å². The lowest BCUT2D eigenvalue weighted by Crippen LogP contribution is -2.38. The minimum atomic E-state index is 0.405. The monoisotopic (exact) mass is 279 g/mol. The maximum Gasteiger partial charge on any atom is 0.124 e. The molecule has 4 heteroatoms. The van der Waals surface area contributed by atoms with Crippen molar-refractivity contribution < 1.29 is 9.47 Å². The van der Waals surface area contributed by atoms with Crippen molar-refractivity contribution in [3.05, 3.63) is 23.8 Å². The zero-order valence-corrected chi connectivity index (χ0v) is 12.2. The molecule has 2 aliphatic rings. The van der Waals surface area contributed by atoms with E-state index in [-0.39, 0.29) is 0 Å². The first-order valence-electron chi connectivity index (χ1n) is 7.01. The lowest BCUT2D eigenvalue weighted by atomic mass is 9.98. The Morgan fingerprint density at radius 1 is 1.37 bits per heavy atom. The molecule has 19 heavy (non-hydrogen) atoms. The fourth-order valence-electron chi connectivity index (χ4n) is 2.83. The molecule has 0 radical (unpaired) electrons. The van der Waals surface area contributed by atoms with Crippen LogP contribution in [0.3, 0.4) is 0 Å². The number of rotatable bonds is 3. The van der Waals surface area contributed by atoms with Crippen molar-refractivity contribution in [2.75, 3.05) is 25.2 Å². The van der Waals surface area contributed by atoms with Gasteiger partial charge in [0.2, 0.25) is 0 Å². The number of nitrogens with one attached hydrogen (secondary N) is 1. The topological polar surface area (TPSA) is 30.5 Å². The third kappa shape index (κ3) is 3.00. The number of methoxy groups -OCH3 is 1. The Labute approximate surface area is 119 Å². The van der Waals surface area contributed by atoms with Gasteiger partial charge in [0.05, 0.1) is 13.7 Å². The third-order valence-corrected chi connectivity index (χ3v) is 5.07. The van der Waals surface area contributed by atoms with Crippen LogP contribution in [0.25, 0.3) is 0 Å². The van der Waals surface area contributed by atoms with Crippen LogP contribution in [-0.4, -0.2) is 31.3 Å². The number of ether oxygens (including phenoxy) is 2. The fourth-order valence-corrected chi connectivity index (χ4v) is 3.91. The first-order valence-corrected chi connectivity index (χ1v) is 8.17. The summed E-state index contributed by atoms with van der Waals surface area (Å²) in [6.45, 7) is 0.802. The average Bonchev–Trinajstić information content (AvgIpc) is 2.48. The molecule has 104 valence electrons. The first-order chi connectivity index (χ1) is 9.36. The number of hydrogen-bond acceptors (Lipinski definition) is 4. The van der Waals surface area contributed by atoms with Gasteiger partial charge in [-0.2, -0.15) is 11.8 Å². The summed E-state index contributed by atoms with van der Waals surface area (Å²) in [6.07, 6.45) is 3.67. The smallest absolute Gasteiger partial charge is 0.124 e. The van der Waals surface area contributed by atoms with Crippen LogP contribution in [0, 0.1) is 0 Å². The maximum atomic E-state index is 5.74. The zero-order valence-electron chi connectivity index (χ0n) is 11.4. The fraction of sp³-hybridized carbons (Fsp3) is 0.600. The summed E-state index contributed by atoms with van der Waals surface area (Å²) in [5, 5.41) is 3.81. The average molecular weight is 279 g/mol. The van der Waals surface area contributed by atoms with E-state index in [0.717, 1.165) is 24.5 Å². The molecular formula is C15H21NO2S. The highest BCUT2D eigenvalue weighted by molar-refractivity contribution is 7.99. The lowest BCUT2D eigenvalue weighted by molar-refractivity contribution is 0.243. The molecular weight excluding hydrogens is 258 g/mol. The number of thioether (sulfide) groups is 1. The van der Waals surface area contributed by atoms with Crippen LogP contribution in [0.2, 0.25) is 0 Å². The van der Waals surface area contributed by atoms with Gasteiger partial charge in [0.1, 0.15) is 11.5 Å². The second-order valence-corrected chi connectivity index (χ2v) is 6.32. The summed E-state index contributed by atoms with van der Waals surface area (Å²) in [7, 11) is 1.71. The highest BCUT2D eigenvalue weighted by atomic mass is 32.2. The van der Waals surface area contributed by atoms with Crippen LogP contribution >= 0.6 is 11.8 Å². The van der Waals surface area contributed by atoms with Crippen molar-refractivity contribution in [3.63, 3.8) is 0 Å². The Morgan fingerprint density at radius 2 is 2.32 bits per heavy atom. The van der Waals surface area contributed by atoms with Gasteiger partial charge in [0.15, 0.2) is 0 Å². The van der Waals surface area contributed by atoms with E-state index in [1.165, 1.54) is 29.9 Å². The van der Waals surface area contributed by atoms with Crippen LogP contribution < -0.4 is 14.8 Å². The number of hydrogen-bond donors (Lipinski definition) is 1. The Balaban J connectivity index is 1.76. The van der Waals surface area contributed by atoms with Gasteiger partial charge in [-0.3, -0.25) is 0 Å². The molecule has 2 unspecified atom stereocenters. The van der Waals surface area contributed by atoms with Crippen molar-refractivity contribution in [2.45, 2.75) is 31.3 Å². The van der Waals surface area contributed by atoms with Crippen molar-refractivity contribution in [1.29, 1.82) is 0 Å². The van der Waals surface area contributed by atoms with Gasteiger partial charge >= 0.3 is 0 Å². The van der Waals surface area contributed by atoms with E-state index in [1.54, 1.807) is 7.11 Å². The van der Waals surface area contributed by atoms with E-state index in [4.69, 9.17) is 9.47 Å². The molecule has 3 rings (SSSR count). The summed E-state index contributed by atoms with van der Waals surface area (Å²) in [6, 6.07) is 7.15. The van der Waals surface area contributed by atoms with E-state index < -0.39 is 0 Å². The van der Waals surface area contributed by atoms with E-state index in [9.17, 15) is 0 Å². The normalized spacial score (nSPS) is 26.4. The molecule has 2 atom stereocenters. The van der Waals surface area contributed by atoms with Gasteiger partial charge in [-0.25, -0.2) is 0 Å². The van der Waals surface area contributed by atoms with Crippen LogP contribution in [0.1, 0.15) is 30.9 Å². The predicted octanol–water partition coefficient (Wildman–Crippen LogP) is 3.00. The molecule has 0 saturated carbocycles. The minimum Gasteiger partial charge on any atom is -0.497 e. The van der Waals surface area contributed by atoms with E-state index in [0.29, 0.717) is 12.1 Å². The minimum absolute atomic E-state index is 0.405. The van der Waals surface area contributed by atoms with Crippen LogP contribution in [0.15, 0.2) is 18.2 Å². The highest BCUT2D eigenvalue weighted by Crippen LogP contribution is 2.35. The molecule has 0 bridgehead atoms. The zero-order chi connectivity index (χ0) is 13.1. The maximum absolute atomic E-state index is 5.74. The van der Waals surface area contributed by atoms with Crippen molar-refractivity contribution in [1.82, 2.24) is 5.32 Å². The largest absolute Gasteiger partial charge is 0.497 e. The summed E-state index contributed by atoms with van der Waals surface area (Å²) in [4.78, 5) is 0. The molecule has 2 heterocycles. The third-order valence-electron chi connectivity index (χ3n) is 3.85. The van der Waals surface area contributed by atoms with Crippen molar-refractivity contribution in [3.8, 4) is 11.5 Å². The molecule has 3 nitrogen and oxygen atoms in total. The van der Waals surface area contributed by atoms with E-state index in [2.05, 4.69) is 23.1 Å². The van der Waals surface area contributed by atoms with Crippen molar-refractivity contribution in [2.24, 2.45) is 0 Å². The quantitative estimate of drug-likeness (QED) is 0.921. The molecule has 1 fully saturated rings. The molecule has 1 aromatic carbocycles. The van der Waals surface area contributed by atoms with Crippen LogP contribution in [0.5, 0.6) is 11.5 Å². The molecule has 1 saturated heterocycles. The number of fused-ring (bicyclic) bond motifs is 1. The molecule has 0 aromatic heterocycles. The highest BCUT2D eigenvalue weighted by Gasteiger charge is 2.25. The Morgan fingerprint density at radius 3 is 3.11 bits per heavy atom. The molecule has 0 amide bonds.